The fourth-order valence-electron chi connectivity index (χ4n) is 2.69. The van der Waals surface area contributed by atoms with E-state index in [9.17, 15) is 0 Å². The van der Waals surface area contributed by atoms with Gasteiger partial charge in [0.1, 0.15) is 12.1 Å². The van der Waals surface area contributed by atoms with Crippen molar-refractivity contribution in [3.05, 3.63) is 53.6 Å². The van der Waals surface area contributed by atoms with Crippen molar-refractivity contribution < 1.29 is 4.74 Å². The van der Waals surface area contributed by atoms with Gasteiger partial charge in [-0.05, 0) is 43.5 Å². The number of aromatic nitrogens is 2. The predicted molar refractivity (Wildman–Crippen MR) is 82.1 cm³/mol. The summed E-state index contributed by atoms with van der Waals surface area (Å²) in [5, 5.41) is 0. The molecule has 0 aliphatic carbocycles. The number of ether oxygens (including phenoxy) is 1. The lowest BCUT2D eigenvalue weighted by Gasteiger charge is -2.27. The quantitative estimate of drug-likeness (QED) is 0.865. The molecule has 0 amide bonds. The Morgan fingerprint density at radius 3 is 3.10 bits per heavy atom. The standard InChI is InChI=1S/C17H21N3O/c1-13(2)21-16-5-3-4-14(8-16)10-20-7-6-15-9-18-12-19-17(15)11-20/h3-5,8-9,12-13H,6-7,10-11H2,1-2H3. The topological polar surface area (TPSA) is 38.2 Å². The summed E-state index contributed by atoms with van der Waals surface area (Å²) in [4.78, 5) is 10.9. The van der Waals surface area contributed by atoms with Gasteiger partial charge in [-0.15, -0.1) is 0 Å². The molecule has 0 N–H and O–H groups in total. The van der Waals surface area contributed by atoms with Crippen molar-refractivity contribution >= 4 is 0 Å². The fourth-order valence-corrected chi connectivity index (χ4v) is 2.69. The van der Waals surface area contributed by atoms with Crippen molar-refractivity contribution in [1.29, 1.82) is 0 Å². The Labute approximate surface area is 125 Å². The Hall–Kier alpha value is -1.94. The summed E-state index contributed by atoms with van der Waals surface area (Å²) in [6.45, 7) is 6.98. The summed E-state index contributed by atoms with van der Waals surface area (Å²) in [5.41, 5.74) is 3.72. The maximum atomic E-state index is 5.76. The first-order chi connectivity index (χ1) is 10.2. The van der Waals surface area contributed by atoms with E-state index in [0.29, 0.717) is 0 Å². The zero-order chi connectivity index (χ0) is 14.7. The first-order valence-corrected chi connectivity index (χ1v) is 7.46. The Morgan fingerprint density at radius 1 is 1.33 bits per heavy atom. The Bertz CT molecular complexity index is 612. The second kappa shape index (κ2) is 6.22. The van der Waals surface area contributed by atoms with Gasteiger partial charge in [-0.3, -0.25) is 4.90 Å². The molecule has 0 saturated carbocycles. The van der Waals surface area contributed by atoms with Crippen LogP contribution in [0.2, 0.25) is 0 Å². The lowest BCUT2D eigenvalue weighted by atomic mass is 10.1. The van der Waals surface area contributed by atoms with Gasteiger partial charge in [0.2, 0.25) is 0 Å². The summed E-state index contributed by atoms with van der Waals surface area (Å²) in [6, 6.07) is 8.37. The van der Waals surface area contributed by atoms with Crippen molar-refractivity contribution in [1.82, 2.24) is 14.9 Å². The van der Waals surface area contributed by atoms with E-state index >= 15 is 0 Å². The molecule has 3 rings (SSSR count). The first-order valence-electron chi connectivity index (χ1n) is 7.46. The number of nitrogens with zero attached hydrogens (tertiary/aromatic N) is 3. The number of fused-ring (bicyclic) bond motifs is 1. The van der Waals surface area contributed by atoms with E-state index in [1.165, 1.54) is 11.1 Å². The molecule has 0 unspecified atom stereocenters. The molecule has 0 spiro atoms. The average Bonchev–Trinajstić information content (AvgIpc) is 2.47. The van der Waals surface area contributed by atoms with Gasteiger partial charge < -0.3 is 4.74 Å². The monoisotopic (exact) mass is 283 g/mol. The molecule has 0 fully saturated rings. The normalized spacial score (nSPS) is 15.0. The number of rotatable bonds is 4. The third-order valence-corrected chi connectivity index (χ3v) is 3.63. The van der Waals surface area contributed by atoms with Crippen LogP contribution in [0.25, 0.3) is 0 Å². The van der Waals surface area contributed by atoms with Crippen LogP contribution in [0.4, 0.5) is 0 Å². The summed E-state index contributed by atoms with van der Waals surface area (Å²) in [6.07, 6.45) is 4.81. The van der Waals surface area contributed by atoms with Crippen molar-refractivity contribution in [2.75, 3.05) is 6.54 Å². The van der Waals surface area contributed by atoms with Crippen LogP contribution in [-0.2, 0) is 19.5 Å². The van der Waals surface area contributed by atoms with E-state index in [2.05, 4.69) is 33.1 Å². The smallest absolute Gasteiger partial charge is 0.120 e. The molecule has 1 aliphatic heterocycles. The fraction of sp³-hybridized carbons (Fsp3) is 0.412. The van der Waals surface area contributed by atoms with Crippen LogP contribution < -0.4 is 4.74 Å². The van der Waals surface area contributed by atoms with Gasteiger partial charge in [0.25, 0.3) is 0 Å². The number of hydrogen-bond donors (Lipinski definition) is 0. The van der Waals surface area contributed by atoms with Crippen LogP contribution in [0.1, 0.15) is 30.7 Å². The van der Waals surface area contributed by atoms with Gasteiger partial charge in [-0.25, -0.2) is 9.97 Å². The van der Waals surface area contributed by atoms with E-state index in [-0.39, 0.29) is 6.10 Å². The van der Waals surface area contributed by atoms with Crippen LogP contribution >= 0.6 is 0 Å². The molecule has 110 valence electrons. The SMILES string of the molecule is CC(C)Oc1cccc(CN2CCc3cncnc3C2)c1. The van der Waals surface area contributed by atoms with E-state index in [1.807, 2.05) is 26.1 Å². The molecular formula is C17H21N3O. The maximum absolute atomic E-state index is 5.76. The van der Waals surface area contributed by atoms with Gasteiger partial charge in [-0.1, -0.05) is 12.1 Å². The number of benzene rings is 1. The average molecular weight is 283 g/mol. The van der Waals surface area contributed by atoms with Gasteiger partial charge in [0.15, 0.2) is 0 Å². The zero-order valence-corrected chi connectivity index (χ0v) is 12.6. The highest BCUT2D eigenvalue weighted by atomic mass is 16.5. The summed E-state index contributed by atoms with van der Waals surface area (Å²) in [5.74, 6) is 0.947. The molecule has 1 aliphatic rings. The minimum absolute atomic E-state index is 0.207. The highest BCUT2D eigenvalue weighted by Crippen LogP contribution is 2.20. The van der Waals surface area contributed by atoms with Crippen LogP contribution in [0.3, 0.4) is 0 Å². The van der Waals surface area contributed by atoms with E-state index in [4.69, 9.17) is 4.74 Å². The minimum Gasteiger partial charge on any atom is -0.491 e. The third-order valence-electron chi connectivity index (χ3n) is 3.63. The molecule has 4 nitrogen and oxygen atoms in total. The Balaban J connectivity index is 1.68. The summed E-state index contributed by atoms with van der Waals surface area (Å²) >= 11 is 0. The zero-order valence-electron chi connectivity index (χ0n) is 12.6. The van der Waals surface area contributed by atoms with Gasteiger partial charge in [-0.2, -0.15) is 0 Å². The molecule has 21 heavy (non-hydrogen) atoms. The molecule has 4 heteroatoms. The third kappa shape index (κ3) is 3.58. The molecule has 1 aromatic heterocycles. The van der Waals surface area contributed by atoms with Crippen molar-refractivity contribution in [2.24, 2.45) is 0 Å². The number of hydrogen-bond acceptors (Lipinski definition) is 4. The Morgan fingerprint density at radius 2 is 2.24 bits per heavy atom. The van der Waals surface area contributed by atoms with Crippen molar-refractivity contribution in [3.63, 3.8) is 0 Å². The van der Waals surface area contributed by atoms with E-state index in [0.717, 1.165) is 37.5 Å². The second-order valence-corrected chi connectivity index (χ2v) is 5.77. The highest BCUT2D eigenvalue weighted by Gasteiger charge is 2.17. The van der Waals surface area contributed by atoms with E-state index < -0.39 is 0 Å². The van der Waals surface area contributed by atoms with Crippen LogP contribution in [0.15, 0.2) is 36.8 Å². The maximum Gasteiger partial charge on any atom is 0.120 e. The lowest BCUT2D eigenvalue weighted by Crippen LogP contribution is -2.30. The molecule has 0 atom stereocenters. The summed E-state index contributed by atoms with van der Waals surface area (Å²) in [7, 11) is 0. The molecule has 2 aromatic rings. The second-order valence-electron chi connectivity index (χ2n) is 5.77. The lowest BCUT2D eigenvalue weighted by molar-refractivity contribution is 0.234. The molecule has 0 radical (unpaired) electrons. The molecule has 0 bridgehead atoms. The molecule has 1 aromatic carbocycles. The van der Waals surface area contributed by atoms with Crippen LogP contribution in [-0.4, -0.2) is 27.5 Å². The highest BCUT2D eigenvalue weighted by molar-refractivity contribution is 5.29. The first kappa shape index (κ1) is 14.0. The van der Waals surface area contributed by atoms with Crippen molar-refractivity contribution in [2.45, 2.75) is 39.5 Å². The predicted octanol–water partition coefficient (Wildman–Crippen LogP) is 2.82. The van der Waals surface area contributed by atoms with E-state index in [1.54, 1.807) is 6.33 Å². The van der Waals surface area contributed by atoms with Crippen LogP contribution in [0.5, 0.6) is 5.75 Å². The van der Waals surface area contributed by atoms with Gasteiger partial charge in [0.05, 0.1) is 11.8 Å². The Kier molecular flexibility index (Phi) is 4.15. The largest absolute Gasteiger partial charge is 0.491 e. The molecular weight excluding hydrogens is 262 g/mol. The summed E-state index contributed by atoms with van der Waals surface area (Å²) < 4.78 is 5.76. The van der Waals surface area contributed by atoms with Crippen molar-refractivity contribution in [3.8, 4) is 5.75 Å². The molecule has 2 heterocycles. The van der Waals surface area contributed by atoms with Gasteiger partial charge in [0, 0.05) is 25.8 Å². The van der Waals surface area contributed by atoms with Crippen LogP contribution in [0, 0.1) is 0 Å². The minimum atomic E-state index is 0.207. The van der Waals surface area contributed by atoms with Gasteiger partial charge >= 0.3 is 0 Å². The molecule has 0 saturated heterocycles.